The molecule has 1 unspecified atom stereocenters. The van der Waals surface area contributed by atoms with Crippen LogP contribution in [-0.2, 0) is 9.53 Å². The van der Waals surface area contributed by atoms with Crippen LogP contribution in [0.5, 0.6) is 5.75 Å². The molecule has 0 radical (unpaired) electrons. The number of imide groups is 1. The Hall–Kier alpha value is -2.52. The van der Waals surface area contributed by atoms with Crippen molar-refractivity contribution in [3.63, 3.8) is 0 Å². The lowest BCUT2D eigenvalue weighted by Crippen LogP contribution is -2.29. The third kappa shape index (κ3) is 3.15. The van der Waals surface area contributed by atoms with E-state index in [-0.39, 0.29) is 22.2 Å². The van der Waals surface area contributed by atoms with Crippen molar-refractivity contribution < 1.29 is 23.5 Å². The molecule has 1 aliphatic rings. The predicted molar refractivity (Wildman–Crippen MR) is 82.7 cm³/mol. The Kier molecular flexibility index (Phi) is 4.62. The minimum Gasteiger partial charge on any atom is -0.476 e. The average molecular weight is 338 g/mol. The summed E-state index contributed by atoms with van der Waals surface area (Å²) < 4.78 is 24.4. The SMILES string of the molecule is C#CC(C)Oc1cc(N2C(=O)OC(=C(C)C)C2=O)c(F)cc1Cl. The molecule has 2 rings (SSSR count). The molecule has 0 aliphatic carbocycles. The molecule has 1 aliphatic heterocycles. The molecule has 1 saturated heterocycles. The van der Waals surface area contributed by atoms with E-state index in [1.54, 1.807) is 20.8 Å². The summed E-state index contributed by atoms with van der Waals surface area (Å²) in [6, 6.07) is 2.08. The Labute approximate surface area is 137 Å². The Morgan fingerprint density at radius 3 is 2.61 bits per heavy atom. The highest BCUT2D eigenvalue weighted by Gasteiger charge is 2.40. The summed E-state index contributed by atoms with van der Waals surface area (Å²) in [7, 11) is 0. The average Bonchev–Trinajstić information content (AvgIpc) is 2.77. The number of anilines is 1. The van der Waals surface area contributed by atoms with Crippen molar-refractivity contribution in [2.75, 3.05) is 4.90 Å². The number of allylic oxidation sites excluding steroid dienone is 1. The van der Waals surface area contributed by atoms with Crippen LogP contribution in [0.1, 0.15) is 20.8 Å². The number of ether oxygens (including phenoxy) is 2. The molecule has 1 fully saturated rings. The van der Waals surface area contributed by atoms with Gasteiger partial charge in [0.25, 0.3) is 0 Å². The molecule has 0 aromatic heterocycles. The van der Waals surface area contributed by atoms with E-state index in [0.717, 1.165) is 12.1 Å². The number of amides is 2. The normalized spacial score (nSPS) is 15.3. The third-order valence-corrected chi connectivity index (χ3v) is 3.30. The summed E-state index contributed by atoms with van der Waals surface area (Å²) in [4.78, 5) is 24.7. The van der Waals surface area contributed by atoms with Gasteiger partial charge < -0.3 is 9.47 Å². The standard InChI is InChI=1S/C16H13ClFNO4/c1-5-9(4)22-13-7-12(11(18)6-10(13)17)19-15(20)14(8(2)3)23-16(19)21/h1,6-7,9H,2-4H3. The summed E-state index contributed by atoms with van der Waals surface area (Å²) >= 11 is 5.90. The van der Waals surface area contributed by atoms with Gasteiger partial charge in [0.2, 0.25) is 0 Å². The molecule has 2 amide bonds. The van der Waals surface area contributed by atoms with Gasteiger partial charge >= 0.3 is 12.0 Å². The lowest BCUT2D eigenvalue weighted by atomic mass is 10.2. The van der Waals surface area contributed by atoms with Crippen molar-refractivity contribution in [2.45, 2.75) is 26.9 Å². The topological polar surface area (TPSA) is 55.8 Å². The molecular weight excluding hydrogens is 325 g/mol. The minimum absolute atomic E-state index is 0.0317. The second kappa shape index (κ2) is 6.31. The molecule has 1 aromatic rings. The number of nitrogens with zero attached hydrogens (tertiary/aromatic N) is 1. The maximum absolute atomic E-state index is 14.2. The van der Waals surface area contributed by atoms with Gasteiger partial charge in [-0.2, -0.15) is 0 Å². The van der Waals surface area contributed by atoms with E-state index in [0.29, 0.717) is 10.5 Å². The maximum Gasteiger partial charge on any atom is 0.427 e. The summed E-state index contributed by atoms with van der Waals surface area (Å²) in [5.74, 6) is 0.627. The number of hydrogen-bond donors (Lipinski definition) is 0. The zero-order valence-corrected chi connectivity index (χ0v) is 13.4. The summed E-state index contributed by atoms with van der Waals surface area (Å²) in [6.07, 6.45) is 3.60. The fourth-order valence-electron chi connectivity index (χ4n) is 1.89. The van der Waals surface area contributed by atoms with Gasteiger partial charge in [-0.15, -0.1) is 6.42 Å². The van der Waals surface area contributed by atoms with Crippen LogP contribution in [0.2, 0.25) is 5.02 Å². The summed E-state index contributed by atoms with van der Waals surface area (Å²) in [5.41, 5.74) is 0.178. The fourth-order valence-corrected chi connectivity index (χ4v) is 2.08. The lowest BCUT2D eigenvalue weighted by molar-refractivity contribution is -0.114. The molecule has 7 heteroatoms. The molecular formula is C16H13ClFNO4. The lowest BCUT2D eigenvalue weighted by Gasteiger charge is -2.16. The molecule has 1 heterocycles. The van der Waals surface area contributed by atoms with Crippen LogP contribution >= 0.6 is 11.6 Å². The predicted octanol–water partition coefficient (Wildman–Crippen LogP) is 3.66. The van der Waals surface area contributed by atoms with Gasteiger partial charge in [-0.25, -0.2) is 14.1 Å². The molecule has 0 saturated carbocycles. The van der Waals surface area contributed by atoms with Gasteiger partial charge in [0, 0.05) is 6.07 Å². The van der Waals surface area contributed by atoms with Crippen LogP contribution in [0, 0.1) is 18.2 Å². The Balaban J connectivity index is 2.50. The van der Waals surface area contributed by atoms with Crippen molar-refractivity contribution in [1.29, 1.82) is 0 Å². The third-order valence-electron chi connectivity index (χ3n) is 3.00. The molecule has 120 valence electrons. The van der Waals surface area contributed by atoms with E-state index in [1.165, 1.54) is 0 Å². The highest BCUT2D eigenvalue weighted by Crippen LogP contribution is 2.36. The number of hydrogen-bond acceptors (Lipinski definition) is 4. The van der Waals surface area contributed by atoms with E-state index in [4.69, 9.17) is 27.5 Å². The van der Waals surface area contributed by atoms with Crippen LogP contribution in [0.15, 0.2) is 23.5 Å². The van der Waals surface area contributed by atoms with Crippen molar-refractivity contribution in [2.24, 2.45) is 0 Å². The number of carbonyl (C=O) groups is 2. The number of terminal acetylenes is 1. The largest absolute Gasteiger partial charge is 0.476 e. The van der Waals surface area contributed by atoms with Gasteiger partial charge in [-0.3, -0.25) is 4.79 Å². The Morgan fingerprint density at radius 2 is 2.09 bits per heavy atom. The van der Waals surface area contributed by atoms with Crippen LogP contribution in [-0.4, -0.2) is 18.1 Å². The van der Waals surface area contributed by atoms with E-state index >= 15 is 0 Å². The molecule has 23 heavy (non-hydrogen) atoms. The molecule has 5 nitrogen and oxygen atoms in total. The maximum atomic E-state index is 14.2. The first-order chi connectivity index (χ1) is 10.8. The highest BCUT2D eigenvalue weighted by atomic mass is 35.5. The molecule has 1 atom stereocenters. The zero-order valence-electron chi connectivity index (χ0n) is 12.6. The Bertz CT molecular complexity index is 762. The first-order valence-corrected chi connectivity index (χ1v) is 6.99. The fraction of sp³-hybridized carbons (Fsp3) is 0.250. The van der Waals surface area contributed by atoms with E-state index in [1.807, 2.05) is 0 Å². The molecule has 0 N–H and O–H groups in total. The van der Waals surface area contributed by atoms with Crippen LogP contribution < -0.4 is 9.64 Å². The number of carbonyl (C=O) groups excluding carboxylic acids is 2. The molecule has 0 spiro atoms. The summed E-state index contributed by atoms with van der Waals surface area (Å²) in [5, 5.41) is -0.0317. The number of cyclic esters (lactones) is 1. The zero-order chi connectivity index (χ0) is 17.3. The van der Waals surface area contributed by atoms with E-state index in [2.05, 4.69) is 5.92 Å². The van der Waals surface area contributed by atoms with Gasteiger partial charge in [0.05, 0.1) is 10.7 Å². The van der Waals surface area contributed by atoms with Crippen LogP contribution in [0.3, 0.4) is 0 Å². The first-order valence-electron chi connectivity index (χ1n) is 6.61. The molecule has 1 aromatic carbocycles. The van der Waals surface area contributed by atoms with Crippen molar-refractivity contribution in [3.05, 3.63) is 34.3 Å². The minimum atomic E-state index is -0.997. The van der Waals surface area contributed by atoms with Gasteiger partial charge in [0.1, 0.15) is 11.6 Å². The van der Waals surface area contributed by atoms with Crippen molar-refractivity contribution >= 4 is 29.3 Å². The number of rotatable bonds is 3. The smallest absolute Gasteiger partial charge is 0.427 e. The van der Waals surface area contributed by atoms with Gasteiger partial charge in [-0.05, 0) is 32.4 Å². The summed E-state index contributed by atoms with van der Waals surface area (Å²) in [6.45, 7) is 4.80. The molecule has 0 bridgehead atoms. The quantitative estimate of drug-likeness (QED) is 0.624. The van der Waals surface area contributed by atoms with Gasteiger partial charge in [-0.1, -0.05) is 17.5 Å². The second-order valence-electron chi connectivity index (χ2n) is 5.00. The highest BCUT2D eigenvalue weighted by molar-refractivity contribution is 6.32. The monoisotopic (exact) mass is 337 g/mol. The van der Waals surface area contributed by atoms with Crippen LogP contribution in [0.4, 0.5) is 14.9 Å². The van der Waals surface area contributed by atoms with Crippen LogP contribution in [0.25, 0.3) is 0 Å². The second-order valence-corrected chi connectivity index (χ2v) is 5.41. The van der Waals surface area contributed by atoms with E-state index < -0.39 is 23.9 Å². The Morgan fingerprint density at radius 1 is 1.43 bits per heavy atom. The first kappa shape index (κ1) is 16.8. The number of halogens is 2. The van der Waals surface area contributed by atoms with Gasteiger partial charge in [0.15, 0.2) is 11.9 Å². The van der Waals surface area contributed by atoms with E-state index in [9.17, 15) is 14.0 Å². The van der Waals surface area contributed by atoms with Crippen molar-refractivity contribution in [1.82, 2.24) is 0 Å². The number of benzene rings is 1. The van der Waals surface area contributed by atoms with Crippen molar-refractivity contribution in [3.8, 4) is 18.1 Å².